The molecule has 3 aromatic heterocycles. The molecule has 1 aliphatic carbocycles. The predicted octanol–water partition coefficient (Wildman–Crippen LogP) is 2.92. The standard InChI is InChI=1S/C29H33F3N8O4/c1-2-9-39-25-23(27(42)40(28(39)43)20-5-6-20)35-24(36-25)18-4-8-22(34-16-18)38(11-10-37-12-14-44-15-13-37)26(41)19-3-7-21(33-17-19)29(30,31)32/h3,7-8,16-18,20H,2,4-6,9-15H2,1H3,(H,35,36). The van der Waals surface area contributed by atoms with E-state index in [-0.39, 0.29) is 40.8 Å². The predicted molar refractivity (Wildman–Crippen MR) is 155 cm³/mol. The minimum atomic E-state index is -4.62. The monoisotopic (exact) mass is 614 g/mol. The van der Waals surface area contributed by atoms with E-state index in [9.17, 15) is 27.6 Å². The first-order valence-electron chi connectivity index (χ1n) is 14.8. The highest BCUT2D eigenvalue weighted by Crippen LogP contribution is 2.33. The maximum absolute atomic E-state index is 13.6. The third kappa shape index (κ3) is 5.98. The molecule has 12 nitrogen and oxygen atoms in total. The van der Waals surface area contributed by atoms with Crippen molar-refractivity contribution in [2.75, 3.05) is 39.4 Å². The average Bonchev–Trinajstić information content (AvgIpc) is 3.76. The third-order valence-corrected chi connectivity index (χ3v) is 8.05. The number of pyridine rings is 1. The number of nitrogens with one attached hydrogen (secondary N) is 1. The van der Waals surface area contributed by atoms with Crippen molar-refractivity contribution in [2.24, 2.45) is 4.99 Å². The number of carbonyl (C=O) groups is 1. The largest absolute Gasteiger partial charge is 0.433 e. The molecule has 1 saturated carbocycles. The zero-order valence-corrected chi connectivity index (χ0v) is 24.2. The number of aliphatic imine (C=N–C) groups is 1. The highest BCUT2D eigenvalue weighted by Gasteiger charge is 2.33. The van der Waals surface area contributed by atoms with Crippen molar-refractivity contribution in [1.29, 1.82) is 0 Å². The summed E-state index contributed by atoms with van der Waals surface area (Å²) in [5.74, 6) is -0.0371. The van der Waals surface area contributed by atoms with Gasteiger partial charge in [0.1, 0.15) is 22.9 Å². The van der Waals surface area contributed by atoms with Gasteiger partial charge in [-0.3, -0.25) is 33.5 Å². The Balaban J connectivity index is 1.26. The first kappa shape index (κ1) is 29.9. The van der Waals surface area contributed by atoms with E-state index in [0.29, 0.717) is 69.5 Å². The molecule has 0 aromatic carbocycles. The second kappa shape index (κ2) is 12.1. The number of aromatic amines is 1. The van der Waals surface area contributed by atoms with Gasteiger partial charge in [-0.05, 0) is 43.9 Å². The Morgan fingerprint density at radius 1 is 1.16 bits per heavy atom. The Hall–Kier alpha value is -4.11. The number of hydrogen-bond acceptors (Lipinski definition) is 8. The summed E-state index contributed by atoms with van der Waals surface area (Å²) in [6.45, 7) is 5.70. The number of imidazole rings is 1. The van der Waals surface area contributed by atoms with E-state index in [1.54, 1.807) is 16.9 Å². The summed E-state index contributed by atoms with van der Waals surface area (Å²) in [5.41, 5.74) is -1.21. The van der Waals surface area contributed by atoms with Crippen LogP contribution in [0.5, 0.6) is 0 Å². The summed E-state index contributed by atoms with van der Waals surface area (Å²) in [5, 5.41) is 0. The maximum atomic E-state index is 13.6. The summed E-state index contributed by atoms with van der Waals surface area (Å²) in [7, 11) is 0. The normalized spacial score (nSPS) is 19.4. The Labute approximate surface area is 249 Å². The van der Waals surface area contributed by atoms with Crippen LogP contribution in [-0.2, 0) is 17.5 Å². The molecule has 1 unspecified atom stereocenters. The average molecular weight is 615 g/mol. The minimum Gasteiger partial charge on any atom is -0.379 e. The molecular weight excluding hydrogens is 581 g/mol. The number of rotatable bonds is 9. The SMILES string of the molecule is CCCn1c(=O)n(C2CC2)c(=O)c2[nH]c(C3C=NC(N(CCN4CCOCC4)C(=O)c4ccc(C(F)(F)F)nc4)=CC3)nc21. The van der Waals surface area contributed by atoms with Gasteiger partial charge >= 0.3 is 11.9 Å². The van der Waals surface area contributed by atoms with Gasteiger partial charge in [0, 0.05) is 51.2 Å². The fourth-order valence-electron chi connectivity index (χ4n) is 5.51. The molecule has 5 heterocycles. The third-order valence-electron chi connectivity index (χ3n) is 8.05. The van der Waals surface area contributed by atoms with E-state index in [4.69, 9.17) is 4.74 Å². The van der Waals surface area contributed by atoms with E-state index >= 15 is 0 Å². The summed E-state index contributed by atoms with van der Waals surface area (Å²) in [6, 6.07) is 1.82. The van der Waals surface area contributed by atoms with Gasteiger partial charge < -0.3 is 9.72 Å². The number of alkyl halides is 3. The van der Waals surface area contributed by atoms with Gasteiger partial charge in [-0.25, -0.2) is 14.8 Å². The smallest absolute Gasteiger partial charge is 0.379 e. The first-order valence-corrected chi connectivity index (χ1v) is 14.8. The number of aromatic nitrogens is 5. The molecule has 44 heavy (non-hydrogen) atoms. The summed E-state index contributed by atoms with van der Waals surface area (Å²) < 4.78 is 47.4. The van der Waals surface area contributed by atoms with Crippen LogP contribution in [-0.4, -0.2) is 85.4 Å². The molecule has 0 spiro atoms. The molecule has 2 aliphatic heterocycles. The number of nitrogens with zero attached hydrogens (tertiary/aromatic N) is 7. The van der Waals surface area contributed by atoms with Gasteiger partial charge in [0.15, 0.2) is 5.65 Å². The lowest BCUT2D eigenvalue weighted by atomic mass is 10.0. The van der Waals surface area contributed by atoms with Crippen LogP contribution >= 0.6 is 0 Å². The van der Waals surface area contributed by atoms with E-state index in [1.165, 1.54) is 9.47 Å². The fourth-order valence-corrected chi connectivity index (χ4v) is 5.51. The van der Waals surface area contributed by atoms with Crippen molar-refractivity contribution in [3.05, 3.63) is 68.1 Å². The minimum absolute atomic E-state index is 0.0105. The van der Waals surface area contributed by atoms with Crippen molar-refractivity contribution in [3.8, 4) is 0 Å². The van der Waals surface area contributed by atoms with Gasteiger partial charge in [-0.15, -0.1) is 0 Å². The van der Waals surface area contributed by atoms with Gasteiger partial charge in [0.25, 0.3) is 11.5 Å². The van der Waals surface area contributed by atoms with Crippen LogP contribution in [0.15, 0.2) is 44.8 Å². The van der Waals surface area contributed by atoms with Gasteiger partial charge in [0.2, 0.25) is 0 Å². The van der Waals surface area contributed by atoms with E-state index in [2.05, 4.69) is 24.8 Å². The van der Waals surface area contributed by atoms with Crippen LogP contribution < -0.4 is 11.2 Å². The van der Waals surface area contributed by atoms with Gasteiger partial charge in [-0.1, -0.05) is 6.92 Å². The molecule has 1 amide bonds. The molecule has 6 rings (SSSR count). The van der Waals surface area contributed by atoms with Crippen LogP contribution in [0, 0.1) is 0 Å². The lowest BCUT2D eigenvalue weighted by Crippen LogP contribution is -2.43. The number of H-pyrrole nitrogens is 1. The molecule has 0 radical (unpaired) electrons. The second-order valence-electron chi connectivity index (χ2n) is 11.2. The Morgan fingerprint density at radius 2 is 1.93 bits per heavy atom. The Kier molecular flexibility index (Phi) is 8.24. The molecular formula is C29H33F3N8O4. The molecule has 3 aliphatic rings. The van der Waals surface area contributed by atoms with Crippen molar-refractivity contribution < 1.29 is 22.7 Å². The molecule has 2 fully saturated rings. The number of allylic oxidation sites excluding steroid dienone is 1. The van der Waals surface area contributed by atoms with Crippen molar-refractivity contribution in [1.82, 2.24) is 33.9 Å². The van der Waals surface area contributed by atoms with Crippen molar-refractivity contribution in [2.45, 2.75) is 57.3 Å². The van der Waals surface area contributed by atoms with E-state index in [1.807, 2.05) is 6.92 Å². The number of hydrogen-bond donors (Lipinski definition) is 1. The van der Waals surface area contributed by atoms with Crippen LogP contribution in [0.1, 0.15) is 66.4 Å². The number of amides is 1. The fraction of sp³-hybridized carbons (Fsp3) is 0.517. The van der Waals surface area contributed by atoms with Gasteiger partial charge in [0.05, 0.1) is 24.7 Å². The molecule has 1 atom stereocenters. The number of aryl methyl sites for hydroxylation is 1. The number of fused-ring (bicyclic) bond motifs is 1. The van der Waals surface area contributed by atoms with Crippen LogP contribution in [0.25, 0.3) is 11.2 Å². The first-order chi connectivity index (χ1) is 21.2. The highest BCUT2D eigenvalue weighted by atomic mass is 19.4. The van der Waals surface area contributed by atoms with E-state index in [0.717, 1.165) is 31.2 Å². The van der Waals surface area contributed by atoms with Crippen LogP contribution in [0.3, 0.4) is 0 Å². The number of ether oxygens (including phenoxy) is 1. The maximum Gasteiger partial charge on any atom is 0.433 e. The summed E-state index contributed by atoms with van der Waals surface area (Å²) in [6.07, 6.45) is 2.39. The molecule has 3 aromatic rings. The van der Waals surface area contributed by atoms with Crippen LogP contribution in [0.2, 0.25) is 0 Å². The van der Waals surface area contributed by atoms with Crippen LogP contribution in [0.4, 0.5) is 13.2 Å². The molecule has 15 heteroatoms. The summed E-state index contributed by atoms with van der Waals surface area (Å²) >= 11 is 0. The molecule has 1 saturated heterocycles. The highest BCUT2D eigenvalue weighted by molar-refractivity contribution is 5.95. The van der Waals surface area contributed by atoms with Gasteiger partial charge in [-0.2, -0.15) is 13.2 Å². The number of halogens is 3. The number of morpholine rings is 1. The lowest BCUT2D eigenvalue weighted by molar-refractivity contribution is -0.141. The molecule has 0 bridgehead atoms. The van der Waals surface area contributed by atoms with Crippen molar-refractivity contribution >= 4 is 23.3 Å². The quantitative estimate of drug-likeness (QED) is 0.392. The second-order valence-corrected chi connectivity index (χ2v) is 11.2. The number of carbonyl (C=O) groups excluding carboxylic acids is 1. The van der Waals surface area contributed by atoms with Crippen molar-refractivity contribution in [3.63, 3.8) is 0 Å². The Bertz CT molecular complexity index is 1710. The summed E-state index contributed by atoms with van der Waals surface area (Å²) in [4.78, 5) is 59.3. The molecule has 1 N–H and O–H groups in total. The zero-order chi connectivity index (χ0) is 31.0. The Morgan fingerprint density at radius 3 is 2.55 bits per heavy atom. The molecule has 234 valence electrons. The lowest BCUT2D eigenvalue weighted by Gasteiger charge is -2.31. The zero-order valence-electron chi connectivity index (χ0n) is 24.2. The topological polar surface area (TPSA) is 131 Å². The van der Waals surface area contributed by atoms with E-state index < -0.39 is 17.8 Å².